The lowest BCUT2D eigenvalue weighted by Gasteiger charge is -2.25. The first-order chi connectivity index (χ1) is 9.94. The number of sulfone groups is 1. The molecular weight excluding hydrogens is 286 g/mol. The Labute approximate surface area is 127 Å². The number of benzene rings is 1. The van der Waals surface area contributed by atoms with Gasteiger partial charge in [-0.1, -0.05) is 6.07 Å². The second-order valence-corrected chi connectivity index (χ2v) is 8.54. The molecule has 1 aromatic carbocycles. The van der Waals surface area contributed by atoms with E-state index in [1.807, 2.05) is 13.1 Å². The summed E-state index contributed by atoms with van der Waals surface area (Å²) in [6.07, 6.45) is 3.40. The molecule has 0 amide bonds. The summed E-state index contributed by atoms with van der Waals surface area (Å²) in [5, 5.41) is 2.99. The molecule has 0 fully saturated rings. The van der Waals surface area contributed by atoms with Crippen molar-refractivity contribution in [3.05, 3.63) is 29.3 Å². The zero-order valence-corrected chi connectivity index (χ0v) is 13.9. The van der Waals surface area contributed by atoms with Gasteiger partial charge in [0, 0.05) is 6.04 Å². The number of nitrogens with one attached hydrogen (secondary N) is 1. The topological polar surface area (TPSA) is 55.4 Å². The van der Waals surface area contributed by atoms with Gasteiger partial charge in [0.1, 0.15) is 12.4 Å². The molecule has 1 atom stereocenters. The molecule has 21 heavy (non-hydrogen) atoms. The Balaban J connectivity index is 2.00. The van der Waals surface area contributed by atoms with Gasteiger partial charge in [-0.25, -0.2) is 8.42 Å². The first-order valence-electron chi connectivity index (χ1n) is 7.58. The highest BCUT2D eigenvalue weighted by Gasteiger charge is 2.19. The summed E-state index contributed by atoms with van der Waals surface area (Å²) in [5.41, 5.74) is 2.65. The highest BCUT2D eigenvalue weighted by atomic mass is 32.2. The molecule has 5 heteroatoms. The van der Waals surface area contributed by atoms with E-state index in [9.17, 15) is 8.42 Å². The van der Waals surface area contributed by atoms with Crippen LogP contribution >= 0.6 is 0 Å². The van der Waals surface area contributed by atoms with Crippen molar-refractivity contribution in [2.45, 2.75) is 44.4 Å². The van der Waals surface area contributed by atoms with Crippen LogP contribution in [0.4, 0.5) is 0 Å². The molecule has 0 aromatic heterocycles. The summed E-state index contributed by atoms with van der Waals surface area (Å²) < 4.78 is 29.1. The van der Waals surface area contributed by atoms with E-state index in [0.29, 0.717) is 6.04 Å². The third-order valence-electron chi connectivity index (χ3n) is 4.13. The van der Waals surface area contributed by atoms with Gasteiger partial charge in [0.2, 0.25) is 0 Å². The van der Waals surface area contributed by atoms with Gasteiger partial charge in [-0.2, -0.15) is 0 Å². The van der Waals surface area contributed by atoms with Crippen LogP contribution in [0.2, 0.25) is 0 Å². The number of fused-ring (bicyclic) bond motifs is 1. The fourth-order valence-corrected chi connectivity index (χ4v) is 3.48. The van der Waals surface area contributed by atoms with E-state index in [1.54, 1.807) is 13.8 Å². The average Bonchev–Trinajstić information content (AvgIpc) is 2.46. The molecule has 1 aliphatic rings. The number of hydrogen-bond acceptors (Lipinski definition) is 4. The highest BCUT2D eigenvalue weighted by Crippen LogP contribution is 2.31. The summed E-state index contributed by atoms with van der Waals surface area (Å²) in [5.74, 6) is 0.838. The second kappa shape index (κ2) is 6.79. The van der Waals surface area contributed by atoms with Gasteiger partial charge in [-0.3, -0.25) is 0 Å². The van der Waals surface area contributed by atoms with Crippen molar-refractivity contribution in [1.82, 2.24) is 5.32 Å². The summed E-state index contributed by atoms with van der Waals surface area (Å²) >= 11 is 0. The van der Waals surface area contributed by atoms with Crippen molar-refractivity contribution in [1.29, 1.82) is 0 Å². The SMILES string of the molecule is CNC1CCCc2cc(OCCS(=O)(=O)C(C)C)ccc21. The van der Waals surface area contributed by atoms with Crippen LogP contribution in [-0.4, -0.2) is 33.1 Å². The van der Waals surface area contributed by atoms with Crippen molar-refractivity contribution in [2.24, 2.45) is 0 Å². The van der Waals surface area contributed by atoms with E-state index in [2.05, 4.69) is 17.4 Å². The maximum absolute atomic E-state index is 11.7. The van der Waals surface area contributed by atoms with Crippen LogP contribution in [0.25, 0.3) is 0 Å². The second-order valence-electron chi connectivity index (χ2n) is 5.86. The molecule has 1 N–H and O–H groups in total. The van der Waals surface area contributed by atoms with Crippen molar-refractivity contribution >= 4 is 9.84 Å². The molecule has 118 valence electrons. The Kier molecular flexibility index (Phi) is 5.27. The Hall–Kier alpha value is -1.07. The van der Waals surface area contributed by atoms with E-state index < -0.39 is 9.84 Å². The lowest BCUT2D eigenvalue weighted by Crippen LogP contribution is -2.22. The van der Waals surface area contributed by atoms with Crippen LogP contribution in [0.1, 0.15) is 43.9 Å². The smallest absolute Gasteiger partial charge is 0.155 e. The normalized spacial score (nSPS) is 18.6. The van der Waals surface area contributed by atoms with Gasteiger partial charge < -0.3 is 10.1 Å². The summed E-state index contributed by atoms with van der Waals surface area (Å²) in [4.78, 5) is 0. The Morgan fingerprint density at radius 2 is 2.14 bits per heavy atom. The summed E-state index contributed by atoms with van der Waals surface area (Å²) in [7, 11) is -1.05. The van der Waals surface area contributed by atoms with Crippen LogP contribution < -0.4 is 10.1 Å². The number of aryl methyl sites for hydroxylation is 1. The van der Waals surface area contributed by atoms with Crippen LogP contribution in [0, 0.1) is 0 Å². The minimum Gasteiger partial charge on any atom is -0.493 e. The first-order valence-corrected chi connectivity index (χ1v) is 9.30. The van der Waals surface area contributed by atoms with Crippen LogP contribution in [0.15, 0.2) is 18.2 Å². The van der Waals surface area contributed by atoms with Crippen molar-refractivity contribution in [3.8, 4) is 5.75 Å². The third-order valence-corrected chi connectivity index (χ3v) is 6.30. The fraction of sp³-hybridized carbons (Fsp3) is 0.625. The average molecular weight is 311 g/mol. The van der Waals surface area contributed by atoms with Crippen LogP contribution in [0.5, 0.6) is 5.75 Å². The van der Waals surface area contributed by atoms with E-state index in [4.69, 9.17) is 4.74 Å². The van der Waals surface area contributed by atoms with Crippen LogP contribution in [-0.2, 0) is 16.3 Å². The zero-order valence-electron chi connectivity index (χ0n) is 13.1. The zero-order chi connectivity index (χ0) is 15.5. The number of hydrogen-bond donors (Lipinski definition) is 1. The minimum atomic E-state index is -3.03. The van der Waals surface area contributed by atoms with Gasteiger partial charge in [0.15, 0.2) is 9.84 Å². The molecule has 0 spiro atoms. The quantitative estimate of drug-likeness (QED) is 0.877. The molecule has 1 aromatic rings. The van der Waals surface area contributed by atoms with Crippen molar-refractivity contribution in [2.75, 3.05) is 19.4 Å². The van der Waals surface area contributed by atoms with Crippen molar-refractivity contribution in [3.63, 3.8) is 0 Å². The molecule has 0 bridgehead atoms. The predicted octanol–water partition coefficient (Wildman–Crippen LogP) is 2.49. The molecule has 2 rings (SSSR count). The Morgan fingerprint density at radius 3 is 2.81 bits per heavy atom. The van der Waals surface area contributed by atoms with E-state index in [0.717, 1.165) is 18.6 Å². The number of rotatable bonds is 6. The highest BCUT2D eigenvalue weighted by molar-refractivity contribution is 7.91. The Bertz CT molecular complexity index is 581. The minimum absolute atomic E-state index is 0.0703. The molecule has 1 aliphatic carbocycles. The maximum atomic E-state index is 11.7. The molecule has 0 radical (unpaired) electrons. The lowest BCUT2D eigenvalue weighted by molar-refractivity contribution is 0.339. The molecule has 0 saturated heterocycles. The van der Waals surface area contributed by atoms with E-state index >= 15 is 0 Å². The summed E-state index contributed by atoms with van der Waals surface area (Å²) in [6.45, 7) is 3.62. The van der Waals surface area contributed by atoms with Gasteiger partial charge in [0.25, 0.3) is 0 Å². The van der Waals surface area contributed by atoms with Gasteiger partial charge in [-0.15, -0.1) is 0 Å². The monoisotopic (exact) mass is 311 g/mol. The molecule has 4 nitrogen and oxygen atoms in total. The Morgan fingerprint density at radius 1 is 1.38 bits per heavy atom. The molecule has 0 aliphatic heterocycles. The fourth-order valence-electron chi connectivity index (χ4n) is 2.69. The van der Waals surface area contributed by atoms with Crippen molar-refractivity contribution < 1.29 is 13.2 Å². The maximum Gasteiger partial charge on any atom is 0.155 e. The first kappa shape index (κ1) is 16.3. The van der Waals surface area contributed by atoms with Gasteiger partial charge >= 0.3 is 0 Å². The van der Waals surface area contributed by atoms with Gasteiger partial charge in [0.05, 0.1) is 11.0 Å². The molecule has 0 heterocycles. The largest absolute Gasteiger partial charge is 0.493 e. The molecule has 1 unspecified atom stereocenters. The van der Waals surface area contributed by atoms with E-state index in [-0.39, 0.29) is 17.6 Å². The van der Waals surface area contributed by atoms with Gasteiger partial charge in [-0.05, 0) is 63.4 Å². The lowest BCUT2D eigenvalue weighted by atomic mass is 9.87. The number of ether oxygens (including phenoxy) is 1. The third kappa shape index (κ3) is 3.98. The predicted molar refractivity (Wildman–Crippen MR) is 85.6 cm³/mol. The standard InChI is InChI=1S/C16H25NO3S/c1-12(2)21(18,19)10-9-20-14-7-8-15-13(11-14)5-4-6-16(15)17-3/h7-8,11-12,16-17H,4-6,9-10H2,1-3H3. The molecular formula is C16H25NO3S. The molecule has 0 saturated carbocycles. The summed E-state index contributed by atoms with van der Waals surface area (Å²) in [6, 6.07) is 6.52. The van der Waals surface area contributed by atoms with E-state index in [1.165, 1.54) is 17.5 Å². The van der Waals surface area contributed by atoms with Crippen LogP contribution in [0.3, 0.4) is 0 Å².